The minimum absolute atomic E-state index is 0.0513. The molecule has 0 heterocycles. The number of urea groups is 1. The molecule has 4 N–H and O–H groups in total. The van der Waals surface area contributed by atoms with E-state index in [0.717, 1.165) is 0 Å². The number of carbonyl (C=O) groups excluding carboxylic acids is 2. The van der Waals surface area contributed by atoms with E-state index >= 15 is 0 Å². The zero-order valence-electron chi connectivity index (χ0n) is 10.8. The van der Waals surface area contributed by atoms with E-state index in [1.165, 1.54) is 6.92 Å². The van der Waals surface area contributed by atoms with Crippen LogP contribution in [0.25, 0.3) is 0 Å². The van der Waals surface area contributed by atoms with Crippen molar-refractivity contribution in [2.24, 2.45) is 0 Å². The molecule has 20 heavy (non-hydrogen) atoms. The van der Waals surface area contributed by atoms with Crippen molar-refractivity contribution in [1.29, 1.82) is 0 Å². The van der Waals surface area contributed by atoms with Crippen molar-refractivity contribution in [3.05, 3.63) is 12.2 Å². The third kappa shape index (κ3) is 7.69. The van der Waals surface area contributed by atoms with Crippen LogP contribution in [0.4, 0.5) is 4.79 Å². The molecule has 112 valence electrons. The number of nitrogens with one attached hydrogen (secondary N) is 2. The van der Waals surface area contributed by atoms with E-state index in [4.69, 9.17) is 10.2 Å². The minimum atomic E-state index is -1.54. The second-order valence-electron chi connectivity index (χ2n) is 3.81. The molecule has 0 aliphatic rings. The third-order valence-electron chi connectivity index (χ3n) is 1.95. The zero-order chi connectivity index (χ0) is 15.7. The van der Waals surface area contributed by atoms with Crippen molar-refractivity contribution < 1.29 is 34.1 Å². The van der Waals surface area contributed by atoms with Crippen LogP contribution in [0, 0.1) is 0 Å². The first-order valence-electron chi connectivity index (χ1n) is 5.55. The maximum Gasteiger partial charge on any atom is 0.333 e. The van der Waals surface area contributed by atoms with Crippen LogP contribution in [0.1, 0.15) is 13.3 Å². The van der Waals surface area contributed by atoms with Gasteiger partial charge in [-0.1, -0.05) is 6.58 Å². The molecule has 0 saturated heterocycles. The number of carboxylic acids is 2. The Hall–Kier alpha value is -2.58. The molecule has 1 unspecified atom stereocenters. The fourth-order valence-corrected chi connectivity index (χ4v) is 1.02. The molecule has 0 aromatic rings. The first-order chi connectivity index (χ1) is 9.23. The molecule has 0 saturated carbocycles. The van der Waals surface area contributed by atoms with Crippen molar-refractivity contribution in [2.75, 3.05) is 13.2 Å². The molecule has 0 aliphatic carbocycles. The summed E-state index contributed by atoms with van der Waals surface area (Å²) in [4.78, 5) is 43.3. The second kappa shape index (κ2) is 8.51. The van der Waals surface area contributed by atoms with E-state index in [1.807, 2.05) is 5.32 Å². The smallest absolute Gasteiger partial charge is 0.333 e. The molecule has 0 radical (unpaired) electrons. The Morgan fingerprint density at radius 2 is 1.85 bits per heavy atom. The van der Waals surface area contributed by atoms with Gasteiger partial charge in [0.25, 0.3) is 0 Å². The number of rotatable bonds is 8. The number of ether oxygens (including phenoxy) is 1. The molecule has 0 aromatic heterocycles. The topological polar surface area (TPSA) is 142 Å². The van der Waals surface area contributed by atoms with E-state index in [2.05, 4.69) is 16.6 Å². The quantitative estimate of drug-likeness (QED) is 0.263. The predicted molar refractivity (Wildman–Crippen MR) is 66.0 cm³/mol. The van der Waals surface area contributed by atoms with Crippen LogP contribution in [0.15, 0.2) is 12.2 Å². The Kier molecular flexibility index (Phi) is 7.41. The summed E-state index contributed by atoms with van der Waals surface area (Å²) in [6, 6.07) is -2.41. The molecule has 2 amide bonds. The maximum atomic E-state index is 11.3. The summed E-state index contributed by atoms with van der Waals surface area (Å²) >= 11 is 0. The molecule has 0 aromatic carbocycles. The monoisotopic (exact) mass is 288 g/mol. The number of carboxylic acid groups (broad SMARTS) is 2. The average molecular weight is 288 g/mol. The molecule has 0 spiro atoms. The van der Waals surface area contributed by atoms with E-state index in [-0.39, 0.29) is 18.7 Å². The van der Waals surface area contributed by atoms with Crippen LogP contribution in [-0.4, -0.2) is 53.3 Å². The largest absolute Gasteiger partial charge is 0.481 e. The summed E-state index contributed by atoms with van der Waals surface area (Å²) in [5, 5.41) is 21.4. The SMILES string of the molecule is C=C(C)C(=O)OCCNC(=O)NC(CC(=O)O)C(=O)O. The molecule has 9 heteroatoms. The van der Waals surface area contributed by atoms with Gasteiger partial charge in [0.05, 0.1) is 13.0 Å². The summed E-state index contributed by atoms with van der Waals surface area (Å²) in [6.45, 7) is 4.66. The molecule has 0 rings (SSSR count). The number of aliphatic carboxylic acids is 2. The van der Waals surface area contributed by atoms with Gasteiger partial charge in [0.2, 0.25) is 0 Å². The Labute approximate surface area is 114 Å². The van der Waals surface area contributed by atoms with Gasteiger partial charge in [-0.2, -0.15) is 0 Å². The summed E-state index contributed by atoms with van der Waals surface area (Å²) < 4.78 is 4.68. The Morgan fingerprint density at radius 1 is 1.25 bits per heavy atom. The van der Waals surface area contributed by atoms with Crippen LogP contribution in [-0.2, 0) is 19.1 Å². The minimum Gasteiger partial charge on any atom is -0.481 e. The molecular weight excluding hydrogens is 272 g/mol. The van der Waals surface area contributed by atoms with Gasteiger partial charge in [-0.15, -0.1) is 0 Å². The van der Waals surface area contributed by atoms with Crippen molar-refractivity contribution in [3.8, 4) is 0 Å². The molecule has 1 atom stereocenters. The highest BCUT2D eigenvalue weighted by Crippen LogP contribution is 1.93. The third-order valence-corrected chi connectivity index (χ3v) is 1.95. The Balaban J connectivity index is 4.03. The highest BCUT2D eigenvalue weighted by Gasteiger charge is 2.22. The standard InChI is InChI=1S/C11H16N2O7/c1-6(2)10(18)20-4-3-12-11(19)13-7(9(16)17)5-8(14)15/h7H,1,3-5H2,2H3,(H,14,15)(H,16,17)(H2,12,13,19). The van der Waals surface area contributed by atoms with E-state index in [0.29, 0.717) is 0 Å². The average Bonchev–Trinajstić information content (AvgIpc) is 2.32. The van der Waals surface area contributed by atoms with Gasteiger partial charge in [-0.05, 0) is 6.92 Å². The number of hydrogen-bond acceptors (Lipinski definition) is 5. The summed E-state index contributed by atoms with van der Waals surface area (Å²) in [5.41, 5.74) is 0.210. The van der Waals surface area contributed by atoms with E-state index in [1.54, 1.807) is 0 Å². The lowest BCUT2D eigenvalue weighted by atomic mass is 10.2. The molecule has 9 nitrogen and oxygen atoms in total. The number of carbonyl (C=O) groups is 4. The summed E-state index contributed by atoms with van der Waals surface area (Å²) in [6.07, 6.45) is -0.743. The molecule has 0 aliphatic heterocycles. The Bertz CT molecular complexity index is 419. The first-order valence-corrected chi connectivity index (χ1v) is 5.55. The highest BCUT2D eigenvalue weighted by atomic mass is 16.5. The van der Waals surface area contributed by atoms with Crippen LogP contribution in [0.5, 0.6) is 0 Å². The van der Waals surface area contributed by atoms with E-state index in [9.17, 15) is 19.2 Å². The first kappa shape index (κ1) is 17.4. The van der Waals surface area contributed by atoms with Gasteiger partial charge < -0.3 is 25.6 Å². The lowest BCUT2D eigenvalue weighted by Crippen LogP contribution is -2.47. The zero-order valence-corrected chi connectivity index (χ0v) is 10.8. The van der Waals surface area contributed by atoms with Crippen molar-refractivity contribution in [1.82, 2.24) is 10.6 Å². The van der Waals surface area contributed by atoms with Crippen LogP contribution in [0.2, 0.25) is 0 Å². The molecular formula is C11H16N2O7. The summed E-state index contributed by atoms with van der Waals surface area (Å²) in [5.74, 6) is -3.43. The fourth-order valence-electron chi connectivity index (χ4n) is 1.02. The predicted octanol–water partition coefficient (Wildman–Crippen LogP) is -0.667. The van der Waals surface area contributed by atoms with Gasteiger partial charge in [0.1, 0.15) is 12.6 Å². The summed E-state index contributed by atoms with van der Waals surface area (Å²) in [7, 11) is 0. The Morgan fingerprint density at radius 3 is 2.30 bits per heavy atom. The van der Waals surface area contributed by atoms with Crippen LogP contribution in [0.3, 0.4) is 0 Å². The van der Waals surface area contributed by atoms with Crippen molar-refractivity contribution in [2.45, 2.75) is 19.4 Å². The lowest BCUT2D eigenvalue weighted by Gasteiger charge is -2.13. The highest BCUT2D eigenvalue weighted by molar-refractivity contribution is 5.87. The lowest BCUT2D eigenvalue weighted by molar-refractivity contribution is -0.145. The van der Waals surface area contributed by atoms with Crippen LogP contribution < -0.4 is 10.6 Å². The molecule has 0 fully saturated rings. The number of amides is 2. The van der Waals surface area contributed by atoms with Crippen LogP contribution >= 0.6 is 0 Å². The number of hydrogen-bond donors (Lipinski definition) is 4. The normalized spacial score (nSPS) is 11.1. The van der Waals surface area contributed by atoms with Crippen molar-refractivity contribution >= 4 is 23.9 Å². The van der Waals surface area contributed by atoms with Gasteiger partial charge in [-0.25, -0.2) is 14.4 Å². The number of esters is 1. The van der Waals surface area contributed by atoms with Crippen molar-refractivity contribution in [3.63, 3.8) is 0 Å². The molecule has 0 bridgehead atoms. The van der Waals surface area contributed by atoms with Gasteiger partial charge in [-0.3, -0.25) is 4.79 Å². The second-order valence-corrected chi connectivity index (χ2v) is 3.81. The fraction of sp³-hybridized carbons (Fsp3) is 0.455. The van der Waals surface area contributed by atoms with Gasteiger partial charge >= 0.3 is 23.9 Å². The van der Waals surface area contributed by atoms with E-state index < -0.39 is 36.4 Å². The maximum absolute atomic E-state index is 11.3. The van der Waals surface area contributed by atoms with Gasteiger partial charge in [0.15, 0.2) is 0 Å². The van der Waals surface area contributed by atoms with Gasteiger partial charge in [0, 0.05) is 5.57 Å².